The third-order valence-corrected chi connectivity index (χ3v) is 4.68. The maximum Gasteiger partial charge on any atom is 0.214 e. The van der Waals surface area contributed by atoms with Crippen molar-refractivity contribution in [1.29, 1.82) is 0 Å². The quantitative estimate of drug-likeness (QED) is 0.524. The molecule has 0 bridgehead atoms. The second-order valence-corrected chi connectivity index (χ2v) is 7.34. The van der Waals surface area contributed by atoms with Gasteiger partial charge in [0.1, 0.15) is 10.9 Å². The molecule has 0 aliphatic carbocycles. The van der Waals surface area contributed by atoms with E-state index in [4.69, 9.17) is 16.3 Å². The van der Waals surface area contributed by atoms with Crippen molar-refractivity contribution in [3.8, 4) is 17.1 Å². The Kier molecular flexibility index (Phi) is 6.59. The van der Waals surface area contributed by atoms with Crippen LogP contribution in [0, 0.1) is 13.8 Å². The Balaban J connectivity index is 1.63. The molecule has 3 aromatic heterocycles. The van der Waals surface area contributed by atoms with Crippen molar-refractivity contribution in [2.45, 2.75) is 40.0 Å². The number of carbonyl (C=O) groups is 1. The molecule has 0 aliphatic heterocycles. The summed E-state index contributed by atoms with van der Waals surface area (Å²) in [5.74, 6) is 0.534. The highest BCUT2D eigenvalue weighted by Gasteiger charge is 2.13. The number of aromatic nitrogens is 5. The Morgan fingerprint density at radius 1 is 1.21 bits per heavy atom. The zero-order valence-corrected chi connectivity index (χ0v) is 17.8. The van der Waals surface area contributed by atoms with Gasteiger partial charge in [0.2, 0.25) is 5.88 Å². The van der Waals surface area contributed by atoms with E-state index in [2.05, 4.69) is 20.3 Å². The van der Waals surface area contributed by atoms with Crippen molar-refractivity contribution in [3.63, 3.8) is 0 Å². The lowest BCUT2D eigenvalue weighted by molar-refractivity contribution is -0.118. The van der Waals surface area contributed by atoms with Gasteiger partial charge in [0, 0.05) is 37.7 Å². The molecule has 0 aliphatic rings. The highest BCUT2D eigenvalue weighted by molar-refractivity contribution is 6.29. The van der Waals surface area contributed by atoms with E-state index in [0.717, 1.165) is 33.8 Å². The Morgan fingerprint density at radius 3 is 2.66 bits per heavy atom. The van der Waals surface area contributed by atoms with Crippen LogP contribution in [0.25, 0.3) is 11.3 Å². The number of halogens is 1. The van der Waals surface area contributed by atoms with Gasteiger partial charge in [-0.2, -0.15) is 10.2 Å². The predicted molar refractivity (Wildman–Crippen MR) is 111 cm³/mol. The molecular formula is C21H24ClN5O2. The van der Waals surface area contributed by atoms with Crippen LogP contribution in [0.1, 0.15) is 35.9 Å². The number of hydrogen-bond acceptors (Lipinski definition) is 6. The van der Waals surface area contributed by atoms with E-state index in [1.165, 1.54) is 0 Å². The highest BCUT2D eigenvalue weighted by atomic mass is 35.5. The third-order valence-electron chi connectivity index (χ3n) is 4.49. The van der Waals surface area contributed by atoms with E-state index in [0.29, 0.717) is 30.5 Å². The topological polar surface area (TPSA) is 82.8 Å². The average Bonchev–Trinajstić information content (AvgIpc) is 2.98. The van der Waals surface area contributed by atoms with Crippen LogP contribution >= 0.6 is 11.6 Å². The van der Waals surface area contributed by atoms with Crippen LogP contribution in [0.15, 0.2) is 24.4 Å². The van der Waals surface area contributed by atoms with Gasteiger partial charge in [-0.15, -0.1) is 5.10 Å². The molecule has 0 spiro atoms. The minimum Gasteiger partial charge on any atom is -0.478 e. The number of ether oxygens (including phenoxy) is 1. The Labute approximate surface area is 175 Å². The summed E-state index contributed by atoms with van der Waals surface area (Å²) in [6, 6.07) is 5.43. The maximum atomic E-state index is 12.4. The number of hydrogen-bond donors (Lipinski definition) is 0. The summed E-state index contributed by atoms with van der Waals surface area (Å²) < 4.78 is 7.14. The minimum absolute atomic E-state index is 0.0985. The van der Waals surface area contributed by atoms with Crippen molar-refractivity contribution in [2.24, 2.45) is 7.05 Å². The zero-order chi connectivity index (χ0) is 21.0. The molecule has 29 heavy (non-hydrogen) atoms. The summed E-state index contributed by atoms with van der Waals surface area (Å²) in [7, 11) is 1.88. The second-order valence-electron chi connectivity index (χ2n) is 6.95. The monoisotopic (exact) mass is 413 g/mol. The molecule has 0 saturated carbocycles. The summed E-state index contributed by atoms with van der Waals surface area (Å²) >= 11 is 6.01. The normalized spacial score (nSPS) is 10.9. The molecular weight excluding hydrogens is 390 g/mol. The summed E-state index contributed by atoms with van der Waals surface area (Å²) in [5, 5.41) is 13.4. The van der Waals surface area contributed by atoms with Crippen LogP contribution in [0.4, 0.5) is 0 Å². The molecule has 0 unspecified atom stereocenters. The molecule has 7 nitrogen and oxygen atoms in total. The first kappa shape index (κ1) is 20.9. The Hall–Kier alpha value is -2.80. The van der Waals surface area contributed by atoms with E-state index in [1.54, 1.807) is 16.8 Å². The van der Waals surface area contributed by atoms with E-state index in [9.17, 15) is 4.79 Å². The average molecular weight is 414 g/mol. The molecule has 0 amide bonds. The molecule has 0 aromatic carbocycles. The molecule has 8 heteroatoms. The fraction of sp³-hybridized carbons (Fsp3) is 0.381. The zero-order valence-electron chi connectivity index (χ0n) is 17.1. The van der Waals surface area contributed by atoms with Crippen LogP contribution in [0.5, 0.6) is 5.88 Å². The van der Waals surface area contributed by atoms with Crippen LogP contribution in [0.3, 0.4) is 0 Å². The van der Waals surface area contributed by atoms with E-state index < -0.39 is 0 Å². The lowest BCUT2D eigenvalue weighted by Gasteiger charge is -2.07. The molecule has 0 saturated heterocycles. The van der Waals surface area contributed by atoms with E-state index >= 15 is 0 Å². The van der Waals surface area contributed by atoms with Crippen molar-refractivity contribution >= 4 is 17.4 Å². The van der Waals surface area contributed by atoms with Crippen molar-refractivity contribution < 1.29 is 9.53 Å². The summed E-state index contributed by atoms with van der Waals surface area (Å²) in [6.07, 6.45) is 3.13. The van der Waals surface area contributed by atoms with Crippen LogP contribution < -0.4 is 4.74 Å². The van der Waals surface area contributed by atoms with Crippen LogP contribution in [-0.2, 0) is 24.7 Å². The fourth-order valence-electron chi connectivity index (χ4n) is 3.19. The van der Waals surface area contributed by atoms with Crippen molar-refractivity contribution in [1.82, 2.24) is 25.0 Å². The number of pyridine rings is 1. The Bertz CT molecular complexity index is 1030. The standard InChI is InChI=1S/C21H24ClN5O2/c1-5-29-20-11-15(10-19(22)23-20)9-17(28)7-6-16-8-13(2)21(25-24-16)18-12-27(4)26-14(18)3/h8,10-12H,5-7,9H2,1-4H3. The van der Waals surface area contributed by atoms with Gasteiger partial charge in [-0.1, -0.05) is 11.6 Å². The lowest BCUT2D eigenvalue weighted by atomic mass is 10.0. The van der Waals surface area contributed by atoms with Crippen LogP contribution in [0.2, 0.25) is 5.15 Å². The number of nitrogens with zero attached hydrogens (tertiary/aromatic N) is 5. The maximum absolute atomic E-state index is 12.4. The number of ketones is 1. The summed E-state index contributed by atoms with van der Waals surface area (Å²) in [6.45, 7) is 6.31. The fourth-order valence-corrected chi connectivity index (χ4v) is 3.41. The molecule has 0 radical (unpaired) electrons. The first-order valence-corrected chi connectivity index (χ1v) is 9.88. The molecule has 0 fully saturated rings. The molecule has 0 N–H and O–H groups in total. The molecule has 0 atom stereocenters. The smallest absolute Gasteiger partial charge is 0.214 e. The number of rotatable bonds is 8. The first-order chi connectivity index (χ1) is 13.9. The molecule has 3 rings (SSSR count). The third kappa shape index (κ3) is 5.38. The van der Waals surface area contributed by atoms with Crippen molar-refractivity contribution in [2.75, 3.05) is 6.61 Å². The predicted octanol–water partition coefficient (Wildman–Crippen LogP) is 3.69. The van der Waals surface area contributed by atoms with Gasteiger partial charge < -0.3 is 4.74 Å². The van der Waals surface area contributed by atoms with Crippen molar-refractivity contribution in [3.05, 3.63) is 52.1 Å². The number of aryl methyl sites for hydroxylation is 4. The van der Waals surface area contributed by atoms with Gasteiger partial charge in [-0.3, -0.25) is 9.48 Å². The van der Waals surface area contributed by atoms with Gasteiger partial charge >= 0.3 is 0 Å². The SMILES string of the molecule is CCOc1cc(CC(=O)CCc2cc(C)c(-c3cn(C)nc3C)nn2)cc(Cl)n1. The van der Waals surface area contributed by atoms with Crippen LogP contribution in [-0.4, -0.2) is 37.4 Å². The van der Waals surface area contributed by atoms with Gasteiger partial charge in [0.05, 0.1) is 23.7 Å². The lowest BCUT2D eigenvalue weighted by Crippen LogP contribution is -2.07. The van der Waals surface area contributed by atoms with Gasteiger partial charge in [-0.25, -0.2) is 4.98 Å². The molecule has 3 aromatic rings. The van der Waals surface area contributed by atoms with Gasteiger partial charge in [0.25, 0.3) is 0 Å². The van der Waals surface area contributed by atoms with Gasteiger partial charge in [0.15, 0.2) is 0 Å². The van der Waals surface area contributed by atoms with Gasteiger partial charge in [-0.05, 0) is 50.5 Å². The highest BCUT2D eigenvalue weighted by Crippen LogP contribution is 2.23. The van der Waals surface area contributed by atoms with E-state index in [-0.39, 0.29) is 12.2 Å². The van der Waals surface area contributed by atoms with E-state index in [1.807, 2.05) is 40.1 Å². The Morgan fingerprint density at radius 2 is 2.00 bits per heavy atom. The molecule has 3 heterocycles. The number of Topliss-reactive ketones (excluding diaryl/α,β-unsaturated/α-hetero) is 1. The number of carbonyl (C=O) groups excluding carboxylic acids is 1. The minimum atomic E-state index is 0.0985. The molecule has 152 valence electrons. The largest absolute Gasteiger partial charge is 0.478 e. The second kappa shape index (κ2) is 9.13. The summed E-state index contributed by atoms with van der Waals surface area (Å²) in [5.41, 5.74) is 5.31. The summed E-state index contributed by atoms with van der Waals surface area (Å²) in [4.78, 5) is 16.5. The first-order valence-electron chi connectivity index (χ1n) is 9.50.